The summed E-state index contributed by atoms with van der Waals surface area (Å²) in [6.07, 6.45) is 11.2. The molecule has 130 valence electrons. The van der Waals surface area contributed by atoms with Gasteiger partial charge in [-0.25, -0.2) is 4.98 Å². The molecule has 5 N–H and O–H groups in total. The summed E-state index contributed by atoms with van der Waals surface area (Å²) in [5.74, 6) is 0.914. The summed E-state index contributed by atoms with van der Waals surface area (Å²) in [7, 11) is 0. The second-order valence-electron chi connectivity index (χ2n) is 6.33. The highest BCUT2D eigenvalue weighted by atomic mass is 16.3. The van der Waals surface area contributed by atoms with Gasteiger partial charge in [-0.2, -0.15) is 9.97 Å². The van der Waals surface area contributed by atoms with Crippen molar-refractivity contribution in [1.82, 2.24) is 19.5 Å². The first-order valence-corrected chi connectivity index (χ1v) is 8.25. The minimum Gasteiger partial charge on any atom is -0.396 e. The van der Waals surface area contributed by atoms with E-state index in [0.717, 1.165) is 17.7 Å². The summed E-state index contributed by atoms with van der Waals surface area (Å²) in [5.41, 5.74) is 9.02. The molecule has 0 saturated heterocycles. The number of imidazole rings is 1. The molecule has 0 unspecified atom stereocenters. The van der Waals surface area contributed by atoms with Gasteiger partial charge in [-0.05, 0) is 24.5 Å². The average Bonchev–Trinajstić information content (AvgIpc) is 3.33. The van der Waals surface area contributed by atoms with Crippen LogP contribution >= 0.6 is 0 Å². The molecule has 2 aromatic heterocycles. The highest BCUT2D eigenvalue weighted by Gasteiger charge is 2.21. The van der Waals surface area contributed by atoms with E-state index in [9.17, 15) is 10.2 Å². The highest BCUT2D eigenvalue weighted by molar-refractivity contribution is 5.87. The predicted octanol–water partition coefficient (Wildman–Crippen LogP) is 0.921. The molecule has 0 aromatic carbocycles. The third-order valence-electron chi connectivity index (χ3n) is 4.55. The number of nitrogens with two attached hydrogens (primary N) is 1. The van der Waals surface area contributed by atoms with E-state index in [1.54, 1.807) is 6.33 Å². The lowest BCUT2D eigenvalue weighted by molar-refractivity contribution is 0.250. The van der Waals surface area contributed by atoms with Crippen LogP contribution in [0.5, 0.6) is 0 Å². The smallest absolute Gasteiger partial charge is 0.224 e. The Bertz CT molecular complexity index is 898. The molecule has 2 aromatic rings. The quantitative estimate of drug-likeness (QED) is 0.597. The van der Waals surface area contributed by atoms with E-state index >= 15 is 0 Å². The van der Waals surface area contributed by atoms with Gasteiger partial charge in [-0.3, -0.25) is 4.57 Å². The summed E-state index contributed by atoms with van der Waals surface area (Å²) < 4.78 is 1.85. The SMILES string of the molecule is Nc1nc(N[C@H]2C=C[C@@H](CO)C2)c2ncn(C3=CCC(CO)=C3)c2n1. The molecule has 0 fully saturated rings. The maximum absolute atomic E-state index is 9.28. The Kier molecular flexibility index (Phi) is 3.98. The Balaban J connectivity index is 1.68. The number of aliphatic hydroxyl groups is 2. The van der Waals surface area contributed by atoms with Gasteiger partial charge in [0.05, 0.1) is 6.61 Å². The molecule has 0 aliphatic heterocycles. The standard InChI is InChI=1S/C17H20N6O2/c18-17-21-15(20-12-3-1-10(5-12)7-24)14-16(22-17)23(9-19-14)13-4-2-11(6-13)8-25/h1,3-4,6,9-10,12,24-25H,2,5,7-8H2,(H3,18,20,21,22)/t10-,12+/m1/s1. The maximum Gasteiger partial charge on any atom is 0.224 e. The first-order valence-electron chi connectivity index (χ1n) is 8.25. The lowest BCUT2D eigenvalue weighted by Crippen LogP contribution is -2.18. The lowest BCUT2D eigenvalue weighted by atomic mass is 10.1. The zero-order valence-corrected chi connectivity index (χ0v) is 13.6. The van der Waals surface area contributed by atoms with Crippen LogP contribution in [0.2, 0.25) is 0 Å². The maximum atomic E-state index is 9.28. The fraction of sp³-hybridized carbons (Fsp3) is 0.353. The van der Waals surface area contributed by atoms with Crippen LogP contribution in [0, 0.1) is 5.92 Å². The van der Waals surface area contributed by atoms with Crippen molar-refractivity contribution in [1.29, 1.82) is 0 Å². The minimum atomic E-state index is 0.0383. The van der Waals surface area contributed by atoms with Gasteiger partial charge in [0.2, 0.25) is 5.95 Å². The van der Waals surface area contributed by atoms with Crippen LogP contribution in [0.25, 0.3) is 16.9 Å². The molecule has 2 aliphatic rings. The van der Waals surface area contributed by atoms with Crippen molar-refractivity contribution in [2.45, 2.75) is 18.9 Å². The van der Waals surface area contributed by atoms with E-state index < -0.39 is 0 Å². The number of anilines is 2. The molecular weight excluding hydrogens is 320 g/mol. The van der Waals surface area contributed by atoms with Crippen molar-refractivity contribution in [2.75, 3.05) is 24.3 Å². The molecular formula is C17H20N6O2. The molecule has 0 saturated carbocycles. The van der Waals surface area contributed by atoms with Gasteiger partial charge >= 0.3 is 0 Å². The van der Waals surface area contributed by atoms with Crippen molar-refractivity contribution in [3.63, 3.8) is 0 Å². The largest absolute Gasteiger partial charge is 0.396 e. The van der Waals surface area contributed by atoms with Gasteiger partial charge in [-0.15, -0.1) is 0 Å². The Morgan fingerprint density at radius 3 is 2.88 bits per heavy atom. The van der Waals surface area contributed by atoms with Crippen LogP contribution in [-0.4, -0.2) is 49.0 Å². The third-order valence-corrected chi connectivity index (χ3v) is 4.55. The normalized spacial score (nSPS) is 22.5. The number of rotatable bonds is 5. The number of nitrogen functional groups attached to an aromatic ring is 1. The van der Waals surface area contributed by atoms with Crippen LogP contribution in [0.3, 0.4) is 0 Å². The van der Waals surface area contributed by atoms with Crippen molar-refractivity contribution >= 4 is 28.6 Å². The van der Waals surface area contributed by atoms with Gasteiger partial charge in [-0.1, -0.05) is 18.2 Å². The number of aliphatic hydroxyl groups excluding tert-OH is 2. The topological polar surface area (TPSA) is 122 Å². The summed E-state index contributed by atoms with van der Waals surface area (Å²) in [6, 6.07) is 0.0754. The minimum absolute atomic E-state index is 0.0383. The van der Waals surface area contributed by atoms with Crippen LogP contribution in [-0.2, 0) is 0 Å². The van der Waals surface area contributed by atoms with Crippen molar-refractivity contribution < 1.29 is 10.2 Å². The van der Waals surface area contributed by atoms with Crippen molar-refractivity contribution in [3.05, 3.63) is 36.2 Å². The van der Waals surface area contributed by atoms with E-state index in [0.29, 0.717) is 23.4 Å². The zero-order valence-electron chi connectivity index (χ0n) is 13.6. The summed E-state index contributed by atoms with van der Waals surface area (Å²) in [5, 5.41) is 21.9. The van der Waals surface area contributed by atoms with Gasteiger partial charge in [0.1, 0.15) is 6.33 Å². The number of nitrogens with one attached hydrogen (secondary N) is 1. The monoisotopic (exact) mass is 340 g/mol. The van der Waals surface area contributed by atoms with Crippen LogP contribution in [0.1, 0.15) is 12.8 Å². The second kappa shape index (κ2) is 6.30. The van der Waals surface area contributed by atoms with E-state index in [-0.39, 0.29) is 31.1 Å². The number of hydrogen-bond acceptors (Lipinski definition) is 7. The van der Waals surface area contributed by atoms with Crippen LogP contribution in [0.15, 0.2) is 36.2 Å². The molecule has 0 radical (unpaired) electrons. The molecule has 8 nitrogen and oxygen atoms in total. The summed E-state index contributed by atoms with van der Waals surface area (Å²) >= 11 is 0. The van der Waals surface area contributed by atoms with E-state index in [1.807, 2.05) is 28.9 Å². The van der Waals surface area contributed by atoms with Gasteiger partial charge in [0.25, 0.3) is 0 Å². The molecule has 0 bridgehead atoms. The number of aromatic nitrogens is 4. The average molecular weight is 340 g/mol. The Morgan fingerprint density at radius 1 is 1.28 bits per heavy atom. The lowest BCUT2D eigenvalue weighted by Gasteiger charge is -2.14. The second-order valence-corrected chi connectivity index (χ2v) is 6.33. The van der Waals surface area contributed by atoms with E-state index in [2.05, 4.69) is 20.3 Å². The molecule has 8 heteroatoms. The predicted molar refractivity (Wildman–Crippen MR) is 95.5 cm³/mol. The van der Waals surface area contributed by atoms with Crippen LogP contribution in [0.4, 0.5) is 11.8 Å². The molecule has 4 rings (SSSR count). The Morgan fingerprint density at radius 2 is 2.16 bits per heavy atom. The number of allylic oxidation sites excluding steroid dienone is 3. The van der Waals surface area contributed by atoms with Crippen LogP contribution < -0.4 is 11.1 Å². The Labute approximate surface area is 144 Å². The third kappa shape index (κ3) is 2.90. The summed E-state index contributed by atoms with van der Waals surface area (Å²) in [4.78, 5) is 13.1. The van der Waals surface area contributed by atoms with Gasteiger partial charge in [0.15, 0.2) is 17.0 Å². The van der Waals surface area contributed by atoms with Gasteiger partial charge < -0.3 is 21.3 Å². The van der Waals surface area contributed by atoms with E-state index in [4.69, 9.17) is 5.73 Å². The summed E-state index contributed by atoms with van der Waals surface area (Å²) in [6.45, 7) is 0.176. The number of nitrogens with zero attached hydrogens (tertiary/aromatic N) is 4. The molecule has 0 amide bonds. The first-order chi connectivity index (χ1) is 12.2. The van der Waals surface area contributed by atoms with Crippen molar-refractivity contribution in [2.24, 2.45) is 5.92 Å². The highest BCUT2D eigenvalue weighted by Crippen LogP contribution is 2.28. The Hall–Kier alpha value is -2.71. The molecule has 2 heterocycles. The fourth-order valence-electron chi connectivity index (χ4n) is 3.24. The first kappa shape index (κ1) is 15.8. The zero-order chi connectivity index (χ0) is 17.4. The molecule has 0 spiro atoms. The van der Waals surface area contributed by atoms with Crippen molar-refractivity contribution in [3.8, 4) is 0 Å². The molecule has 2 aliphatic carbocycles. The number of hydrogen-bond donors (Lipinski definition) is 4. The fourth-order valence-corrected chi connectivity index (χ4v) is 3.24. The molecule has 2 atom stereocenters. The number of fused-ring (bicyclic) bond motifs is 1. The molecule has 25 heavy (non-hydrogen) atoms. The van der Waals surface area contributed by atoms with Gasteiger partial charge in [0, 0.05) is 24.3 Å². The van der Waals surface area contributed by atoms with E-state index in [1.165, 1.54) is 0 Å².